The molecule has 0 spiro atoms. The number of carbonyl (C=O) groups is 2. The van der Waals surface area contributed by atoms with Gasteiger partial charge in [0, 0.05) is 27.1 Å². The monoisotopic (exact) mass is 401 g/mol. The average Bonchev–Trinajstić information content (AvgIpc) is 2.52. The number of rotatable bonds is 7. The van der Waals surface area contributed by atoms with Crippen LogP contribution in [0.1, 0.15) is 27.2 Å². The average molecular weight is 401 g/mol. The van der Waals surface area contributed by atoms with Crippen LogP contribution in [0.4, 0.5) is 10.5 Å². The normalized spacial score (nSPS) is 11.8. The van der Waals surface area contributed by atoms with Gasteiger partial charge in [0.15, 0.2) is 0 Å². The van der Waals surface area contributed by atoms with Gasteiger partial charge in [-0.2, -0.15) is 0 Å². The van der Waals surface area contributed by atoms with Crippen molar-refractivity contribution in [2.45, 2.75) is 37.7 Å². The second kappa shape index (κ2) is 9.05. The van der Waals surface area contributed by atoms with Crippen molar-refractivity contribution in [3.63, 3.8) is 0 Å². The number of carbonyl (C=O) groups excluding carboxylic acids is 2. The molecule has 0 atom stereocenters. The maximum absolute atomic E-state index is 12.2. The molecule has 0 unspecified atom stereocenters. The van der Waals surface area contributed by atoms with E-state index >= 15 is 0 Å². The van der Waals surface area contributed by atoms with Crippen LogP contribution in [-0.4, -0.2) is 58.1 Å². The van der Waals surface area contributed by atoms with Crippen LogP contribution in [0.2, 0.25) is 0 Å². The number of nitrogens with zero attached hydrogens (tertiary/aromatic N) is 1. The van der Waals surface area contributed by atoms with Gasteiger partial charge < -0.3 is 20.1 Å². The van der Waals surface area contributed by atoms with Gasteiger partial charge in [-0.1, -0.05) is 0 Å². The highest BCUT2D eigenvalue weighted by molar-refractivity contribution is 7.89. The van der Waals surface area contributed by atoms with Crippen LogP contribution in [0.15, 0.2) is 23.1 Å². The fraction of sp³-hybridized carbons (Fsp3) is 0.529. The fourth-order valence-electron chi connectivity index (χ4n) is 1.96. The Morgan fingerprint density at radius 3 is 2.33 bits per heavy atom. The van der Waals surface area contributed by atoms with E-state index in [2.05, 4.69) is 10.6 Å². The molecule has 2 N–H and O–H groups in total. The molecule has 27 heavy (non-hydrogen) atoms. The molecule has 1 aromatic carbocycles. The largest absolute Gasteiger partial charge is 0.495 e. The standard InChI is InChI=1S/C17H27N3O6S/c1-17(2,3)26-16(22)18-10-9-15(21)19-13-11-12(7-8-14(13)25-6)27(23,24)20(4)5/h7-8,11H,9-10H2,1-6H3,(H,18,22)(H,19,21). The minimum Gasteiger partial charge on any atom is -0.495 e. The highest BCUT2D eigenvalue weighted by atomic mass is 32.2. The summed E-state index contributed by atoms with van der Waals surface area (Å²) in [6.45, 7) is 5.28. The lowest BCUT2D eigenvalue weighted by Crippen LogP contribution is -2.34. The molecule has 9 nitrogen and oxygen atoms in total. The molecule has 0 aromatic heterocycles. The number of amides is 2. The molecular formula is C17H27N3O6S. The summed E-state index contributed by atoms with van der Waals surface area (Å²) in [6, 6.07) is 4.19. The minimum absolute atomic E-state index is 0.0208. The highest BCUT2D eigenvalue weighted by Crippen LogP contribution is 2.28. The molecule has 1 aromatic rings. The summed E-state index contributed by atoms with van der Waals surface area (Å²) in [4.78, 5) is 23.7. The lowest BCUT2D eigenvalue weighted by Gasteiger charge is -2.19. The van der Waals surface area contributed by atoms with Crippen molar-refractivity contribution >= 4 is 27.7 Å². The van der Waals surface area contributed by atoms with Crippen molar-refractivity contribution in [1.82, 2.24) is 9.62 Å². The number of ether oxygens (including phenoxy) is 2. The first kappa shape index (κ1) is 22.7. The van der Waals surface area contributed by atoms with E-state index in [4.69, 9.17) is 9.47 Å². The van der Waals surface area contributed by atoms with Gasteiger partial charge in [0.2, 0.25) is 15.9 Å². The van der Waals surface area contributed by atoms with Crippen LogP contribution in [0.25, 0.3) is 0 Å². The van der Waals surface area contributed by atoms with Gasteiger partial charge in [-0.25, -0.2) is 17.5 Å². The third kappa shape index (κ3) is 7.06. The number of anilines is 1. The van der Waals surface area contributed by atoms with Crippen molar-refractivity contribution in [1.29, 1.82) is 0 Å². The molecule has 0 radical (unpaired) electrons. The van der Waals surface area contributed by atoms with Crippen LogP contribution in [0.3, 0.4) is 0 Å². The highest BCUT2D eigenvalue weighted by Gasteiger charge is 2.20. The minimum atomic E-state index is -3.65. The Morgan fingerprint density at radius 1 is 1.19 bits per heavy atom. The van der Waals surface area contributed by atoms with Crippen molar-refractivity contribution in [2.24, 2.45) is 0 Å². The van der Waals surface area contributed by atoms with Gasteiger partial charge in [-0.05, 0) is 39.0 Å². The number of hydrogen-bond acceptors (Lipinski definition) is 6. The predicted octanol–water partition coefficient (Wildman–Crippen LogP) is 1.80. The fourth-order valence-corrected chi connectivity index (χ4v) is 2.89. The molecule has 0 bridgehead atoms. The Bertz CT molecular complexity index is 784. The molecule has 0 aliphatic heterocycles. The predicted molar refractivity (Wildman–Crippen MR) is 101 cm³/mol. The van der Waals surface area contributed by atoms with E-state index in [0.717, 1.165) is 4.31 Å². The zero-order valence-electron chi connectivity index (χ0n) is 16.5. The topological polar surface area (TPSA) is 114 Å². The maximum Gasteiger partial charge on any atom is 0.407 e. The summed E-state index contributed by atoms with van der Waals surface area (Å²) in [5, 5.41) is 5.08. The van der Waals surface area contributed by atoms with Gasteiger partial charge in [0.25, 0.3) is 0 Å². The maximum atomic E-state index is 12.2. The SMILES string of the molecule is COc1ccc(S(=O)(=O)N(C)C)cc1NC(=O)CCNC(=O)OC(C)(C)C. The summed E-state index contributed by atoms with van der Waals surface area (Å²) in [6.07, 6.45) is -0.639. The Kier molecular flexibility index (Phi) is 7.61. The quantitative estimate of drug-likeness (QED) is 0.720. The molecule has 0 aliphatic rings. The first-order valence-electron chi connectivity index (χ1n) is 8.24. The smallest absolute Gasteiger partial charge is 0.407 e. The molecule has 0 aliphatic carbocycles. The first-order chi connectivity index (χ1) is 12.4. The van der Waals surface area contributed by atoms with E-state index in [9.17, 15) is 18.0 Å². The Hall–Kier alpha value is -2.33. The van der Waals surface area contributed by atoms with Crippen molar-refractivity contribution < 1.29 is 27.5 Å². The van der Waals surface area contributed by atoms with Gasteiger partial charge in [0.05, 0.1) is 17.7 Å². The van der Waals surface area contributed by atoms with Crippen LogP contribution in [0.5, 0.6) is 5.75 Å². The van der Waals surface area contributed by atoms with E-state index in [1.54, 1.807) is 20.8 Å². The first-order valence-corrected chi connectivity index (χ1v) is 9.68. The zero-order valence-corrected chi connectivity index (χ0v) is 17.3. The van der Waals surface area contributed by atoms with Gasteiger partial charge in [-0.3, -0.25) is 4.79 Å². The summed E-state index contributed by atoms with van der Waals surface area (Å²) >= 11 is 0. The summed E-state index contributed by atoms with van der Waals surface area (Å²) < 4.78 is 35.8. The second-order valence-corrected chi connectivity index (χ2v) is 9.03. The van der Waals surface area contributed by atoms with Gasteiger partial charge >= 0.3 is 6.09 Å². The van der Waals surface area contributed by atoms with Crippen LogP contribution >= 0.6 is 0 Å². The molecule has 0 fully saturated rings. The van der Waals surface area contributed by atoms with Crippen molar-refractivity contribution in [3.05, 3.63) is 18.2 Å². The van der Waals surface area contributed by atoms with E-state index in [0.29, 0.717) is 5.75 Å². The van der Waals surface area contributed by atoms with E-state index < -0.39 is 27.6 Å². The number of benzene rings is 1. The number of nitrogens with one attached hydrogen (secondary N) is 2. The zero-order chi connectivity index (χ0) is 20.8. The molecule has 0 heterocycles. The number of sulfonamides is 1. The number of alkyl carbamates (subject to hydrolysis) is 1. The van der Waals surface area contributed by atoms with Crippen LogP contribution < -0.4 is 15.4 Å². The van der Waals surface area contributed by atoms with Gasteiger partial charge in [0.1, 0.15) is 11.4 Å². The molecule has 0 saturated heterocycles. The summed E-state index contributed by atoms with van der Waals surface area (Å²) in [7, 11) is 0.593. The lowest BCUT2D eigenvalue weighted by molar-refractivity contribution is -0.116. The number of hydrogen-bond donors (Lipinski definition) is 2. The second-order valence-electron chi connectivity index (χ2n) is 6.88. The summed E-state index contributed by atoms with van der Waals surface area (Å²) in [5.41, 5.74) is -0.402. The third-order valence-corrected chi connectivity index (χ3v) is 5.05. The Balaban J connectivity index is 2.77. The van der Waals surface area contributed by atoms with Crippen molar-refractivity contribution in [3.8, 4) is 5.75 Å². The Morgan fingerprint density at radius 2 is 1.81 bits per heavy atom. The molecule has 1 rings (SSSR count). The van der Waals surface area contributed by atoms with E-state index in [1.807, 2.05) is 0 Å². The molecular weight excluding hydrogens is 374 g/mol. The molecule has 152 valence electrons. The van der Waals surface area contributed by atoms with E-state index in [-0.39, 0.29) is 23.5 Å². The van der Waals surface area contributed by atoms with Crippen molar-refractivity contribution in [2.75, 3.05) is 33.1 Å². The van der Waals surface area contributed by atoms with E-state index in [1.165, 1.54) is 39.4 Å². The van der Waals surface area contributed by atoms with Crippen LogP contribution in [-0.2, 0) is 19.6 Å². The molecule has 10 heteroatoms. The molecule has 2 amide bonds. The summed E-state index contributed by atoms with van der Waals surface area (Å²) in [5.74, 6) is -0.0927. The van der Waals surface area contributed by atoms with Crippen LogP contribution in [0, 0.1) is 0 Å². The van der Waals surface area contributed by atoms with Gasteiger partial charge in [-0.15, -0.1) is 0 Å². The Labute approximate surface area is 160 Å². The number of methoxy groups -OCH3 is 1. The third-order valence-electron chi connectivity index (χ3n) is 3.24. The lowest BCUT2D eigenvalue weighted by atomic mass is 10.2. The molecule has 0 saturated carbocycles.